The van der Waals surface area contributed by atoms with Crippen LogP contribution in [0.3, 0.4) is 0 Å². The van der Waals surface area contributed by atoms with Gasteiger partial charge >= 0.3 is 11.9 Å². The number of pyridine rings is 2. The van der Waals surface area contributed by atoms with E-state index in [1.54, 1.807) is 50.2 Å². The Morgan fingerprint density at radius 2 is 1.60 bits per heavy atom. The van der Waals surface area contributed by atoms with Crippen molar-refractivity contribution in [3.8, 4) is 11.4 Å². The third-order valence-corrected chi connectivity index (χ3v) is 13.2. The predicted molar refractivity (Wildman–Crippen MR) is 249 cm³/mol. The number of carboxylic acid groups (broad SMARTS) is 1. The number of carboxylic acids is 1. The SMILES string of the molecule is CC[C@@]1(O)C(=O)OCc2c1cc1n(c2=O)Cc2c-1nc1cc(F)c(C)c3c1c2[C@@H](NC(=O)CNC(=O)[C@H](Cc1ccccc1)NC(=O)CNC(=O)CNC(=O)CN(CCN1C(=O)C=CC1=O)CC(=O)O)CC3. The highest BCUT2D eigenvalue weighted by Crippen LogP contribution is 2.46. The maximum Gasteiger partial charge on any atom is 0.343 e. The Morgan fingerprint density at radius 3 is 2.31 bits per heavy atom. The van der Waals surface area contributed by atoms with E-state index < -0.39 is 115 Å². The third kappa shape index (κ3) is 10.2. The number of ether oxygens (including phenoxy) is 1. The molecule has 0 unspecified atom stereocenters. The summed E-state index contributed by atoms with van der Waals surface area (Å²) in [6, 6.07) is 9.59. The second-order valence-corrected chi connectivity index (χ2v) is 17.8. The summed E-state index contributed by atoms with van der Waals surface area (Å²) in [5.74, 6) is -7.48. The topological polar surface area (TPSA) is 305 Å². The van der Waals surface area contributed by atoms with Gasteiger partial charge < -0.3 is 46.1 Å². The molecule has 5 heterocycles. The van der Waals surface area contributed by atoms with Crippen LogP contribution in [-0.2, 0) is 79.5 Å². The number of rotatable bonds is 19. The number of aromatic nitrogens is 2. The minimum atomic E-state index is -2.07. The summed E-state index contributed by atoms with van der Waals surface area (Å²) in [6.45, 7) is -0.239. The lowest BCUT2D eigenvalue weighted by Gasteiger charge is -2.31. The van der Waals surface area contributed by atoms with Gasteiger partial charge in [-0.1, -0.05) is 37.3 Å². The Hall–Kier alpha value is -8.18. The zero-order chi connectivity index (χ0) is 51.6. The zero-order valence-corrected chi connectivity index (χ0v) is 39.1. The first-order valence-electron chi connectivity index (χ1n) is 23.1. The first-order valence-corrected chi connectivity index (χ1v) is 23.1. The number of fused-ring (bicyclic) bond motifs is 5. The van der Waals surface area contributed by atoms with Crippen molar-refractivity contribution in [1.82, 2.24) is 45.9 Å². The lowest BCUT2D eigenvalue weighted by Crippen LogP contribution is -2.52. The van der Waals surface area contributed by atoms with Gasteiger partial charge in [-0.05, 0) is 54.5 Å². The second-order valence-electron chi connectivity index (χ2n) is 17.8. The molecule has 0 bridgehead atoms. The molecule has 72 heavy (non-hydrogen) atoms. The number of cyclic esters (lactones) is 1. The fourth-order valence-corrected chi connectivity index (χ4v) is 9.52. The molecule has 4 aromatic rings. The first kappa shape index (κ1) is 50.2. The number of amides is 7. The fraction of sp³-hybridized carbons (Fsp3) is 0.367. The number of carbonyl (C=O) groups excluding carboxylic acids is 8. The number of halogens is 1. The molecule has 2 aromatic carbocycles. The van der Waals surface area contributed by atoms with Crippen LogP contribution in [0.25, 0.3) is 22.3 Å². The number of hydrogen-bond donors (Lipinski definition) is 7. The van der Waals surface area contributed by atoms with Gasteiger partial charge in [-0.15, -0.1) is 0 Å². The number of aliphatic hydroxyl groups is 1. The van der Waals surface area contributed by atoms with Gasteiger partial charge in [0.1, 0.15) is 18.5 Å². The Kier molecular flexibility index (Phi) is 14.4. The number of hydrogen-bond acceptors (Lipinski definition) is 14. The van der Waals surface area contributed by atoms with E-state index in [1.165, 1.54) is 10.6 Å². The van der Waals surface area contributed by atoms with Gasteiger partial charge in [0.25, 0.3) is 17.4 Å². The Balaban J connectivity index is 0.911. The van der Waals surface area contributed by atoms with Gasteiger partial charge in [0.15, 0.2) is 5.60 Å². The van der Waals surface area contributed by atoms with Crippen LogP contribution in [0.5, 0.6) is 0 Å². The van der Waals surface area contributed by atoms with Crippen LogP contribution < -0.4 is 32.1 Å². The van der Waals surface area contributed by atoms with Crippen molar-refractivity contribution in [3.05, 3.63) is 110 Å². The number of benzene rings is 2. The van der Waals surface area contributed by atoms with Crippen LogP contribution in [0.15, 0.2) is 59.4 Å². The Morgan fingerprint density at radius 1 is 0.903 bits per heavy atom. The third-order valence-electron chi connectivity index (χ3n) is 13.2. The van der Waals surface area contributed by atoms with E-state index in [-0.39, 0.29) is 55.7 Å². The number of nitrogens with one attached hydrogen (secondary N) is 5. The van der Waals surface area contributed by atoms with Crippen molar-refractivity contribution in [1.29, 1.82) is 0 Å². The second kappa shape index (κ2) is 20.7. The van der Waals surface area contributed by atoms with Gasteiger partial charge in [-0.2, -0.15) is 0 Å². The van der Waals surface area contributed by atoms with E-state index in [4.69, 9.17) is 9.72 Å². The molecule has 0 saturated carbocycles. The van der Waals surface area contributed by atoms with E-state index in [0.717, 1.165) is 22.0 Å². The number of aliphatic carboxylic acids is 1. The van der Waals surface area contributed by atoms with Crippen molar-refractivity contribution in [3.63, 3.8) is 0 Å². The van der Waals surface area contributed by atoms with E-state index in [2.05, 4.69) is 26.6 Å². The van der Waals surface area contributed by atoms with Crippen LogP contribution in [0, 0.1) is 12.7 Å². The smallest absolute Gasteiger partial charge is 0.343 e. The highest BCUT2D eigenvalue weighted by Gasteiger charge is 2.46. The molecule has 376 valence electrons. The van der Waals surface area contributed by atoms with Crippen LogP contribution in [0.4, 0.5) is 4.39 Å². The van der Waals surface area contributed by atoms with Crippen molar-refractivity contribution in [2.75, 3.05) is 45.8 Å². The van der Waals surface area contributed by atoms with Crippen molar-refractivity contribution < 1.29 is 62.5 Å². The maximum absolute atomic E-state index is 15.4. The number of carbonyl (C=O) groups is 9. The quantitative estimate of drug-likeness (QED) is 0.0387. The molecule has 3 atom stereocenters. The summed E-state index contributed by atoms with van der Waals surface area (Å²) in [6.07, 6.45) is 2.74. The molecule has 4 aliphatic rings. The molecule has 0 spiro atoms. The molecule has 23 heteroatoms. The standard InChI is InChI=1S/C49H50FN9O13/c1-3-49(71)30-16-35-45-28(21-59(35)47(69)29(30)24-72-48(49)70)44-32(10-9-27-25(2)31(50)17-33(56-45)43(27)44)54-38(62)20-53-46(68)34(15-26-7-5-4-6-8-26)55-37(61)19-51-36(60)18-52-39(63)22-57(23-42(66)67)13-14-58-40(64)11-12-41(58)65/h4-8,11-12,16-17,32,34,71H,3,9-10,13-15,18-24H2,1-2H3,(H,51,60)(H,52,63)(H,53,68)(H,54,62)(H,55,61)(H,66,67)/t32-,34-,49-/m0/s1. The fourth-order valence-electron chi connectivity index (χ4n) is 9.52. The van der Waals surface area contributed by atoms with Crippen LogP contribution in [0.1, 0.15) is 64.8 Å². The highest BCUT2D eigenvalue weighted by molar-refractivity contribution is 6.12. The minimum Gasteiger partial charge on any atom is -0.480 e. The lowest BCUT2D eigenvalue weighted by atomic mass is 9.81. The van der Waals surface area contributed by atoms with Crippen LogP contribution >= 0.6 is 0 Å². The molecule has 22 nitrogen and oxygen atoms in total. The number of esters is 1. The van der Waals surface area contributed by atoms with Gasteiger partial charge in [-0.25, -0.2) is 14.2 Å². The van der Waals surface area contributed by atoms with Gasteiger partial charge in [0.05, 0.1) is 67.8 Å². The molecule has 0 fully saturated rings. The molecular formula is C49H50FN9O13. The number of aryl methyl sites for hydroxylation is 1. The summed E-state index contributed by atoms with van der Waals surface area (Å²) in [7, 11) is 0. The van der Waals surface area contributed by atoms with E-state index in [9.17, 15) is 58.2 Å². The highest BCUT2D eigenvalue weighted by atomic mass is 19.1. The molecule has 0 saturated heterocycles. The lowest BCUT2D eigenvalue weighted by molar-refractivity contribution is -0.172. The largest absolute Gasteiger partial charge is 0.480 e. The summed E-state index contributed by atoms with van der Waals surface area (Å²) in [4.78, 5) is 135. The maximum atomic E-state index is 15.4. The number of nitrogens with zero attached hydrogens (tertiary/aromatic N) is 4. The minimum absolute atomic E-state index is 0.0107. The number of imide groups is 1. The average molecular weight is 992 g/mol. The van der Waals surface area contributed by atoms with Crippen molar-refractivity contribution >= 4 is 64.2 Å². The molecule has 7 amide bonds. The van der Waals surface area contributed by atoms with E-state index >= 15 is 4.39 Å². The predicted octanol–water partition coefficient (Wildman–Crippen LogP) is -0.982. The van der Waals surface area contributed by atoms with Crippen LogP contribution in [0.2, 0.25) is 0 Å². The molecule has 1 aliphatic carbocycles. The van der Waals surface area contributed by atoms with E-state index in [0.29, 0.717) is 57.4 Å². The van der Waals surface area contributed by atoms with Crippen molar-refractivity contribution in [2.24, 2.45) is 0 Å². The molecule has 3 aliphatic heterocycles. The summed E-state index contributed by atoms with van der Waals surface area (Å²) < 4.78 is 22.1. The molecule has 2 aromatic heterocycles. The van der Waals surface area contributed by atoms with Gasteiger partial charge in [0, 0.05) is 54.2 Å². The summed E-state index contributed by atoms with van der Waals surface area (Å²) in [5, 5.41) is 34.1. The average Bonchev–Trinajstić information content (AvgIpc) is 3.89. The monoisotopic (exact) mass is 991 g/mol. The van der Waals surface area contributed by atoms with Crippen molar-refractivity contribution in [2.45, 2.75) is 70.4 Å². The first-order chi connectivity index (χ1) is 34.4. The summed E-state index contributed by atoms with van der Waals surface area (Å²) >= 11 is 0. The molecular weight excluding hydrogens is 942 g/mol. The molecule has 8 rings (SSSR count). The Bertz CT molecular complexity index is 3050. The summed E-state index contributed by atoms with van der Waals surface area (Å²) in [5.41, 5.74) is 1.51. The van der Waals surface area contributed by atoms with Gasteiger partial charge in [0.2, 0.25) is 29.5 Å². The van der Waals surface area contributed by atoms with E-state index in [1.807, 2.05) is 0 Å². The molecule has 0 radical (unpaired) electrons. The van der Waals surface area contributed by atoms with Gasteiger partial charge in [-0.3, -0.25) is 53.0 Å². The Labute approximate surface area is 408 Å². The van der Waals surface area contributed by atoms with Crippen LogP contribution in [-0.4, -0.2) is 135 Å². The zero-order valence-electron chi connectivity index (χ0n) is 39.1. The normalized spacial score (nSPS) is 17.7. The molecule has 7 N–H and O–H groups in total.